The highest BCUT2D eigenvalue weighted by atomic mass is 32.2. The summed E-state index contributed by atoms with van der Waals surface area (Å²) in [5, 5.41) is 3.55. The van der Waals surface area contributed by atoms with Crippen molar-refractivity contribution in [1.29, 1.82) is 0 Å². The van der Waals surface area contributed by atoms with E-state index in [1.54, 1.807) is 0 Å². The summed E-state index contributed by atoms with van der Waals surface area (Å²) < 4.78 is 0. The number of nitrogens with one attached hydrogen (secondary N) is 1. The van der Waals surface area contributed by atoms with Crippen LogP contribution in [0, 0.1) is 12.8 Å². The first-order chi connectivity index (χ1) is 8.15. The van der Waals surface area contributed by atoms with Crippen LogP contribution in [0.25, 0.3) is 0 Å². The molecule has 1 N–H and O–H groups in total. The summed E-state index contributed by atoms with van der Waals surface area (Å²) in [6.45, 7) is 9.86. The van der Waals surface area contributed by atoms with Gasteiger partial charge in [0.1, 0.15) is 0 Å². The molecule has 96 valence electrons. The van der Waals surface area contributed by atoms with E-state index in [1.807, 2.05) is 24.2 Å². The summed E-state index contributed by atoms with van der Waals surface area (Å²) in [7, 11) is 0. The van der Waals surface area contributed by atoms with Crippen LogP contribution >= 0.6 is 11.8 Å². The predicted octanol–water partition coefficient (Wildman–Crippen LogP) is 3.43. The number of thioether (sulfide) groups is 1. The average Bonchev–Trinajstić information content (AvgIpc) is 2.28. The van der Waals surface area contributed by atoms with E-state index in [-0.39, 0.29) is 0 Å². The number of hydrogen-bond acceptors (Lipinski definition) is 3. The van der Waals surface area contributed by atoms with E-state index in [0.717, 1.165) is 18.2 Å². The van der Waals surface area contributed by atoms with Crippen molar-refractivity contribution in [2.45, 2.75) is 33.7 Å². The summed E-state index contributed by atoms with van der Waals surface area (Å²) in [5.74, 6) is 3.11. The standard InChI is InChI=1S/C14H24N2S/c1-5-16-14(10-17-9-11(2)3)13-8-15-7-6-12(13)4/h6-8,11,14,16H,5,9-10H2,1-4H3. The van der Waals surface area contributed by atoms with Gasteiger partial charge in [0.15, 0.2) is 0 Å². The third-order valence-electron chi connectivity index (χ3n) is 2.64. The topological polar surface area (TPSA) is 24.9 Å². The van der Waals surface area contributed by atoms with E-state index in [0.29, 0.717) is 6.04 Å². The molecular weight excluding hydrogens is 228 g/mol. The Kier molecular flexibility index (Phi) is 6.60. The fourth-order valence-electron chi connectivity index (χ4n) is 1.77. The molecule has 17 heavy (non-hydrogen) atoms. The first kappa shape index (κ1) is 14.5. The molecule has 2 nitrogen and oxygen atoms in total. The van der Waals surface area contributed by atoms with Crippen LogP contribution in [0.4, 0.5) is 0 Å². The summed E-state index contributed by atoms with van der Waals surface area (Å²) >= 11 is 2.02. The Balaban J connectivity index is 2.62. The van der Waals surface area contributed by atoms with E-state index in [2.05, 4.69) is 44.1 Å². The van der Waals surface area contributed by atoms with Crippen LogP contribution < -0.4 is 5.32 Å². The van der Waals surface area contributed by atoms with E-state index in [4.69, 9.17) is 0 Å². The fourth-order valence-corrected chi connectivity index (χ4v) is 2.91. The van der Waals surface area contributed by atoms with Crippen molar-refractivity contribution in [1.82, 2.24) is 10.3 Å². The Hall–Kier alpha value is -0.540. The molecule has 0 saturated heterocycles. The van der Waals surface area contributed by atoms with Gasteiger partial charge in [0.05, 0.1) is 0 Å². The van der Waals surface area contributed by atoms with Crippen LogP contribution in [0.15, 0.2) is 18.5 Å². The number of aryl methyl sites for hydroxylation is 1. The Morgan fingerprint density at radius 2 is 2.12 bits per heavy atom. The van der Waals surface area contributed by atoms with Gasteiger partial charge in [-0.1, -0.05) is 20.8 Å². The second-order valence-corrected chi connectivity index (χ2v) is 5.85. The van der Waals surface area contributed by atoms with Gasteiger partial charge in [0, 0.05) is 24.2 Å². The fraction of sp³-hybridized carbons (Fsp3) is 0.643. The highest BCUT2D eigenvalue weighted by Crippen LogP contribution is 2.21. The van der Waals surface area contributed by atoms with Gasteiger partial charge in [0.2, 0.25) is 0 Å². The maximum atomic E-state index is 4.24. The van der Waals surface area contributed by atoms with E-state index < -0.39 is 0 Å². The Morgan fingerprint density at radius 3 is 2.71 bits per heavy atom. The van der Waals surface area contributed by atoms with Gasteiger partial charge in [0.25, 0.3) is 0 Å². The zero-order valence-corrected chi connectivity index (χ0v) is 12.2. The van der Waals surface area contributed by atoms with Crippen molar-refractivity contribution < 1.29 is 0 Å². The molecule has 0 aromatic carbocycles. The van der Waals surface area contributed by atoms with E-state index >= 15 is 0 Å². The number of hydrogen-bond donors (Lipinski definition) is 1. The zero-order chi connectivity index (χ0) is 12.7. The zero-order valence-electron chi connectivity index (χ0n) is 11.4. The highest BCUT2D eigenvalue weighted by molar-refractivity contribution is 7.99. The quantitative estimate of drug-likeness (QED) is 0.805. The molecule has 0 aliphatic heterocycles. The molecule has 0 saturated carbocycles. The molecule has 0 aliphatic carbocycles. The lowest BCUT2D eigenvalue weighted by Crippen LogP contribution is -2.24. The third kappa shape index (κ3) is 5.09. The van der Waals surface area contributed by atoms with Gasteiger partial charge in [-0.3, -0.25) is 4.98 Å². The van der Waals surface area contributed by atoms with Crippen LogP contribution in [0.5, 0.6) is 0 Å². The predicted molar refractivity (Wildman–Crippen MR) is 77.6 cm³/mol. The highest BCUT2D eigenvalue weighted by Gasteiger charge is 2.12. The average molecular weight is 252 g/mol. The normalized spacial score (nSPS) is 13.0. The molecule has 3 heteroatoms. The monoisotopic (exact) mass is 252 g/mol. The lowest BCUT2D eigenvalue weighted by Gasteiger charge is -2.20. The van der Waals surface area contributed by atoms with Gasteiger partial charge < -0.3 is 5.32 Å². The molecule has 1 rings (SSSR count). The maximum Gasteiger partial charge on any atom is 0.0429 e. The molecule has 0 bridgehead atoms. The molecule has 1 aromatic rings. The van der Waals surface area contributed by atoms with Crippen LogP contribution in [-0.2, 0) is 0 Å². The smallest absolute Gasteiger partial charge is 0.0429 e. The minimum atomic E-state index is 0.428. The molecule has 1 unspecified atom stereocenters. The van der Waals surface area contributed by atoms with Gasteiger partial charge in [-0.2, -0.15) is 11.8 Å². The Bertz CT molecular complexity index is 326. The number of pyridine rings is 1. The second-order valence-electron chi connectivity index (χ2n) is 4.77. The molecule has 0 spiro atoms. The first-order valence-corrected chi connectivity index (χ1v) is 7.52. The van der Waals surface area contributed by atoms with Crippen LogP contribution in [-0.4, -0.2) is 23.0 Å². The molecule has 0 fully saturated rings. The van der Waals surface area contributed by atoms with Crippen LogP contribution in [0.3, 0.4) is 0 Å². The Labute approximate surface area is 110 Å². The minimum absolute atomic E-state index is 0.428. The molecular formula is C14H24N2S. The first-order valence-electron chi connectivity index (χ1n) is 6.36. The number of nitrogens with zero attached hydrogens (tertiary/aromatic N) is 1. The molecule has 0 aliphatic rings. The van der Waals surface area contributed by atoms with Crippen molar-refractivity contribution in [3.05, 3.63) is 29.6 Å². The van der Waals surface area contributed by atoms with Crippen molar-refractivity contribution in [3.63, 3.8) is 0 Å². The number of aromatic nitrogens is 1. The maximum absolute atomic E-state index is 4.24. The summed E-state index contributed by atoms with van der Waals surface area (Å²) in [5.41, 5.74) is 2.67. The van der Waals surface area contributed by atoms with Crippen molar-refractivity contribution in [2.75, 3.05) is 18.1 Å². The van der Waals surface area contributed by atoms with Crippen LogP contribution in [0.1, 0.15) is 37.9 Å². The van der Waals surface area contributed by atoms with Gasteiger partial charge >= 0.3 is 0 Å². The summed E-state index contributed by atoms with van der Waals surface area (Å²) in [6.07, 6.45) is 3.86. The second kappa shape index (κ2) is 7.72. The lowest BCUT2D eigenvalue weighted by atomic mass is 10.1. The SMILES string of the molecule is CCNC(CSCC(C)C)c1cnccc1C. The Morgan fingerprint density at radius 1 is 1.35 bits per heavy atom. The summed E-state index contributed by atoms with van der Waals surface area (Å²) in [6, 6.07) is 2.52. The molecule has 0 amide bonds. The molecule has 1 heterocycles. The van der Waals surface area contributed by atoms with Gasteiger partial charge in [-0.05, 0) is 42.3 Å². The van der Waals surface area contributed by atoms with Gasteiger partial charge in [-0.25, -0.2) is 0 Å². The molecule has 1 atom stereocenters. The minimum Gasteiger partial charge on any atom is -0.309 e. The molecule has 0 radical (unpaired) electrons. The van der Waals surface area contributed by atoms with Crippen molar-refractivity contribution >= 4 is 11.8 Å². The largest absolute Gasteiger partial charge is 0.309 e. The number of rotatable bonds is 7. The molecule has 1 aromatic heterocycles. The summed E-state index contributed by atoms with van der Waals surface area (Å²) in [4.78, 5) is 4.24. The van der Waals surface area contributed by atoms with Crippen LogP contribution in [0.2, 0.25) is 0 Å². The third-order valence-corrected chi connectivity index (χ3v) is 4.11. The van der Waals surface area contributed by atoms with E-state index in [1.165, 1.54) is 16.9 Å². The van der Waals surface area contributed by atoms with Gasteiger partial charge in [-0.15, -0.1) is 0 Å². The van der Waals surface area contributed by atoms with E-state index in [9.17, 15) is 0 Å². The van der Waals surface area contributed by atoms with Crippen molar-refractivity contribution in [2.24, 2.45) is 5.92 Å². The lowest BCUT2D eigenvalue weighted by molar-refractivity contribution is 0.600. The van der Waals surface area contributed by atoms with Crippen molar-refractivity contribution in [3.8, 4) is 0 Å².